The second-order valence-corrected chi connectivity index (χ2v) is 3.27. The average molecular weight is 232 g/mol. The van der Waals surface area contributed by atoms with Crippen molar-refractivity contribution in [1.29, 1.82) is 5.26 Å². The van der Waals surface area contributed by atoms with Gasteiger partial charge in [0, 0.05) is 0 Å². The molecule has 1 atom stereocenters. The highest BCUT2D eigenvalue weighted by molar-refractivity contribution is 5.89. The van der Waals surface area contributed by atoms with E-state index < -0.39 is 17.8 Å². The summed E-state index contributed by atoms with van der Waals surface area (Å²) < 4.78 is 4.38. The molecule has 0 saturated heterocycles. The number of benzene rings is 1. The SMILES string of the molecule is COC(=O)CNC(=O)C(C#N)c1ccccc1. The van der Waals surface area contributed by atoms with Crippen LogP contribution in [0.3, 0.4) is 0 Å². The minimum atomic E-state index is -0.916. The fourth-order valence-electron chi connectivity index (χ4n) is 1.26. The number of hydrogen-bond donors (Lipinski definition) is 1. The molecular weight excluding hydrogens is 220 g/mol. The van der Waals surface area contributed by atoms with Crippen molar-refractivity contribution in [1.82, 2.24) is 5.32 Å². The van der Waals surface area contributed by atoms with E-state index in [2.05, 4.69) is 10.1 Å². The van der Waals surface area contributed by atoms with Crippen LogP contribution in [0.25, 0.3) is 0 Å². The van der Waals surface area contributed by atoms with Crippen LogP contribution >= 0.6 is 0 Å². The van der Waals surface area contributed by atoms with Gasteiger partial charge in [-0.05, 0) is 5.56 Å². The Kier molecular flexibility index (Phi) is 4.70. The van der Waals surface area contributed by atoms with Crippen molar-refractivity contribution >= 4 is 11.9 Å². The van der Waals surface area contributed by atoms with Crippen molar-refractivity contribution in [2.24, 2.45) is 0 Å². The first-order valence-electron chi connectivity index (χ1n) is 4.98. The predicted octanol–water partition coefficient (Wildman–Crippen LogP) is 0.583. The number of nitrogens with zero attached hydrogens (tertiary/aromatic N) is 1. The van der Waals surface area contributed by atoms with Crippen LogP contribution in [0, 0.1) is 11.3 Å². The van der Waals surface area contributed by atoms with Crippen molar-refractivity contribution < 1.29 is 14.3 Å². The first kappa shape index (κ1) is 12.7. The number of carbonyl (C=O) groups is 2. The molecule has 1 rings (SSSR count). The van der Waals surface area contributed by atoms with Crippen molar-refractivity contribution in [3.8, 4) is 6.07 Å². The third-order valence-corrected chi connectivity index (χ3v) is 2.16. The standard InChI is InChI=1S/C12H12N2O3/c1-17-11(15)8-14-12(16)10(7-13)9-5-3-2-4-6-9/h2-6,10H,8H2,1H3,(H,14,16). The van der Waals surface area contributed by atoms with Gasteiger partial charge in [-0.15, -0.1) is 0 Å². The highest BCUT2D eigenvalue weighted by atomic mass is 16.5. The Labute approximate surface area is 99.0 Å². The number of carbonyl (C=O) groups excluding carboxylic acids is 2. The maximum absolute atomic E-state index is 11.7. The Hall–Kier alpha value is -2.35. The van der Waals surface area contributed by atoms with E-state index in [1.165, 1.54) is 7.11 Å². The fraction of sp³-hybridized carbons (Fsp3) is 0.250. The van der Waals surface area contributed by atoms with Crippen molar-refractivity contribution in [2.45, 2.75) is 5.92 Å². The first-order chi connectivity index (χ1) is 8.19. The number of rotatable bonds is 4. The molecule has 0 radical (unpaired) electrons. The molecule has 17 heavy (non-hydrogen) atoms. The minimum Gasteiger partial charge on any atom is -0.468 e. The van der Waals surface area contributed by atoms with Crippen molar-refractivity contribution in [2.75, 3.05) is 13.7 Å². The van der Waals surface area contributed by atoms with Crippen LogP contribution in [-0.4, -0.2) is 25.5 Å². The maximum Gasteiger partial charge on any atom is 0.325 e. The van der Waals surface area contributed by atoms with Gasteiger partial charge in [-0.25, -0.2) is 0 Å². The van der Waals surface area contributed by atoms with Crippen LogP contribution in [0.15, 0.2) is 30.3 Å². The van der Waals surface area contributed by atoms with E-state index in [-0.39, 0.29) is 6.54 Å². The zero-order valence-corrected chi connectivity index (χ0v) is 9.34. The molecule has 0 heterocycles. The van der Waals surface area contributed by atoms with Gasteiger partial charge in [0.05, 0.1) is 13.2 Å². The minimum absolute atomic E-state index is 0.236. The van der Waals surface area contributed by atoms with Crippen LogP contribution in [0.4, 0.5) is 0 Å². The molecule has 0 spiro atoms. The van der Waals surface area contributed by atoms with Gasteiger partial charge in [-0.3, -0.25) is 9.59 Å². The van der Waals surface area contributed by atoms with E-state index in [1.807, 2.05) is 6.07 Å². The molecule has 0 aliphatic heterocycles. The summed E-state index contributed by atoms with van der Waals surface area (Å²) >= 11 is 0. The van der Waals surface area contributed by atoms with E-state index in [0.29, 0.717) is 5.56 Å². The van der Waals surface area contributed by atoms with Crippen LogP contribution in [-0.2, 0) is 14.3 Å². The molecule has 1 aromatic rings. The molecule has 0 aliphatic carbocycles. The normalized spacial score (nSPS) is 11.1. The third-order valence-electron chi connectivity index (χ3n) is 2.16. The van der Waals surface area contributed by atoms with E-state index in [0.717, 1.165) is 0 Å². The van der Waals surface area contributed by atoms with E-state index >= 15 is 0 Å². The number of amides is 1. The zero-order valence-electron chi connectivity index (χ0n) is 9.34. The van der Waals surface area contributed by atoms with Crippen LogP contribution in [0.5, 0.6) is 0 Å². The van der Waals surface area contributed by atoms with Crippen molar-refractivity contribution in [3.05, 3.63) is 35.9 Å². The summed E-state index contributed by atoms with van der Waals surface area (Å²) in [6.45, 7) is -0.236. The van der Waals surface area contributed by atoms with E-state index in [4.69, 9.17) is 5.26 Å². The Morgan fingerprint density at radius 3 is 2.59 bits per heavy atom. The van der Waals surface area contributed by atoms with Gasteiger partial charge in [0.15, 0.2) is 0 Å². The molecule has 1 unspecified atom stereocenters. The Morgan fingerprint density at radius 2 is 2.06 bits per heavy atom. The quantitative estimate of drug-likeness (QED) is 0.770. The van der Waals surface area contributed by atoms with Crippen LogP contribution in [0.2, 0.25) is 0 Å². The van der Waals surface area contributed by atoms with E-state index in [1.54, 1.807) is 30.3 Å². The van der Waals surface area contributed by atoms with Gasteiger partial charge in [0.25, 0.3) is 0 Å². The van der Waals surface area contributed by atoms with Gasteiger partial charge in [0.1, 0.15) is 12.5 Å². The first-order valence-corrected chi connectivity index (χ1v) is 4.98. The van der Waals surface area contributed by atoms with Crippen LogP contribution in [0.1, 0.15) is 11.5 Å². The number of methoxy groups -OCH3 is 1. The Morgan fingerprint density at radius 1 is 1.41 bits per heavy atom. The molecule has 0 bridgehead atoms. The fourth-order valence-corrected chi connectivity index (χ4v) is 1.26. The third kappa shape index (κ3) is 3.61. The van der Waals surface area contributed by atoms with Crippen LogP contribution < -0.4 is 5.32 Å². The largest absolute Gasteiger partial charge is 0.468 e. The number of nitrogens with one attached hydrogen (secondary N) is 1. The Bertz CT molecular complexity index is 437. The molecular formula is C12H12N2O3. The highest BCUT2D eigenvalue weighted by Crippen LogP contribution is 2.14. The molecule has 1 aromatic carbocycles. The number of esters is 1. The van der Waals surface area contributed by atoms with Crippen molar-refractivity contribution in [3.63, 3.8) is 0 Å². The summed E-state index contributed by atoms with van der Waals surface area (Å²) in [6, 6.07) is 10.6. The molecule has 5 heteroatoms. The maximum atomic E-state index is 11.7. The molecule has 0 aromatic heterocycles. The summed E-state index contributed by atoms with van der Waals surface area (Å²) in [7, 11) is 1.23. The smallest absolute Gasteiger partial charge is 0.325 e. The predicted molar refractivity (Wildman–Crippen MR) is 59.8 cm³/mol. The second kappa shape index (κ2) is 6.28. The summed E-state index contributed by atoms with van der Waals surface area (Å²) in [4.78, 5) is 22.5. The molecule has 5 nitrogen and oxygen atoms in total. The van der Waals surface area contributed by atoms with Gasteiger partial charge in [-0.1, -0.05) is 30.3 Å². The average Bonchev–Trinajstić information content (AvgIpc) is 2.38. The lowest BCUT2D eigenvalue weighted by molar-refractivity contribution is -0.141. The van der Waals surface area contributed by atoms with Gasteiger partial charge in [0.2, 0.25) is 5.91 Å². The number of nitriles is 1. The molecule has 1 N–H and O–H groups in total. The summed E-state index contributed by atoms with van der Waals surface area (Å²) in [5.41, 5.74) is 0.595. The Balaban J connectivity index is 2.67. The lowest BCUT2D eigenvalue weighted by Crippen LogP contribution is -2.33. The summed E-state index contributed by atoms with van der Waals surface area (Å²) in [5.74, 6) is -1.98. The lowest BCUT2D eigenvalue weighted by Gasteiger charge is -2.09. The number of hydrogen-bond acceptors (Lipinski definition) is 4. The lowest BCUT2D eigenvalue weighted by atomic mass is 10.00. The summed E-state index contributed by atoms with van der Waals surface area (Å²) in [5, 5.41) is 11.3. The highest BCUT2D eigenvalue weighted by Gasteiger charge is 2.20. The van der Waals surface area contributed by atoms with E-state index in [9.17, 15) is 9.59 Å². The molecule has 0 aliphatic rings. The second-order valence-electron chi connectivity index (χ2n) is 3.27. The zero-order chi connectivity index (χ0) is 12.7. The molecule has 0 saturated carbocycles. The molecule has 0 fully saturated rings. The molecule has 1 amide bonds. The topological polar surface area (TPSA) is 79.2 Å². The number of ether oxygens (including phenoxy) is 1. The van der Waals surface area contributed by atoms with Gasteiger partial charge >= 0.3 is 5.97 Å². The monoisotopic (exact) mass is 232 g/mol. The molecule has 88 valence electrons. The van der Waals surface area contributed by atoms with Gasteiger partial charge in [-0.2, -0.15) is 5.26 Å². The van der Waals surface area contributed by atoms with Gasteiger partial charge < -0.3 is 10.1 Å². The summed E-state index contributed by atoms with van der Waals surface area (Å²) in [6.07, 6.45) is 0.